The quantitative estimate of drug-likeness (QED) is 0.373. The summed E-state index contributed by atoms with van der Waals surface area (Å²) in [6.07, 6.45) is 12.3. The average molecular weight is 307 g/mol. The molecule has 0 atom stereocenters. The van der Waals surface area contributed by atoms with Crippen LogP contribution in [-0.4, -0.2) is 5.78 Å². The Balaban J connectivity index is -0.000000198. The molecule has 22 heavy (non-hydrogen) atoms. The van der Waals surface area contributed by atoms with Crippen molar-refractivity contribution in [1.82, 2.24) is 0 Å². The maximum absolute atomic E-state index is 12.0. The van der Waals surface area contributed by atoms with Crippen molar-refractivity contribution in [2.75, 3.05) is 0 Å². The predicted octanol–water partition coefficient (Wildman–Crippen LogP) is 7.24. The van der Waals surface area contributed by atoms with Crippen LogP contribution in [0.2, 0.25) is 0 Å². The predicted molar refractivity (Wildman–Crippen MR) is 105 cm³/mol. The third-order valence-electron chi connectivity index (χ3n) is 1.90. The number of ketones is 1. The van der Waals surface area contributed by atoms with E-state index in [4.69, 9.17) is 0 Å². The monoisotopic (exact) mass is 306 g/mol. The summed E-state index contributed by atoms with van der Waals surface area (Å²) in [6.45, 7) is 23.3. The smallest absolute Gasteiger partial charge is 0.188 e. The zero-order valence-electron chi connectivity index (χ0n) is 16.2. The summed E-state index contributed by atoms with van der Waals surface area (Å²) in [4.78, 5) is 12.0. The molecule has 0 aliphatic rings. The Morgan fingerprint density at radius 1 is 0.909 bits per heavy atom. The molecule has 0 heterocycles. The van der Waals surface area contributed by atoms with Gasteiger partial charge in [-0.25, -0.2) is 0 Å². The summed E-state index contributed by atoms with van der Waals surface area (Å²) in [5.74, 6) is 0.0374. The lowest BCUT2D eigenvalue weighted by Crippen LogP contribution is -2.03. The molecular weight excluding hydrogens is 268 g/mol. The average Bonchev–Trinajstić information content (AvgIpc) is 2.56. The first-order valence-corrected chi connectivity index (χ1v) is 8.44. The third-order valence-corrected chi connectivity index (χ3v) is 1.90. The summed E-state index contributed by atoms with van der Waals surface area (Å²) in [6, 6.07) is 0. The van der Waals surface area contributed by atoms with Crippen LogP contribution in [0.15, 0.2) is 60.8 Å². The highest BCUT2D eigenvalue weighted by molar-refractivity contribution is 6.10. The molecule has 0 rings (SSSR count). The molecule has 0 spiro atoms. The van der Waals surface area contributed by atoms with Crippen molar-refractivity contribution < 1.29 is 4.79 Å². The van der Waals surface area contributed by atoms with Gasteiger partial charge in [-0.15, -0.1) is 0 Å². The van der Waals surface area contributed by atoms with Crippen LogP contribution in [0.4, 0.5) is 0 Å². The van der Waals surface area contributed by atoms with Crippen molar-refractivity contribution in [3.8, 4) is 0 Å². The first kappa shape index (κ1) is 28.5. The number of allylic oxidation sites excluding steroid dienone is 8. The lowest BCUT2D eigenvalue weighted by atomic mass is 10.0. The van der Waals surface area contributed by atoms with E-state index < -0.39 is 0 Å². The summed E-state index contributed by atoms with van der Waals surface area (Å²) in [5, 5.41) is 0. The van der Waals surface area contributed by atoms with Crippen LogP contribution in [-0.2, 0) is 4.79 Å². The minimum Gasteiger partial charge on any atom is -0.289 e. The van der Waals surface area contributed by atoms with Gasteiger partial charge in [-0.3, -0.25) is 4.79 Å². The van der Waals surface area contributed by atoms with E-state index in [1.165, 1.54) is 6.42 Å². The zero-order chi connectivity index (χ0) is 18.4. The second-order valence-corrected chi connectivity index (χ2v) is 3.68. The molecule has 128 valence electrons. The van der Waals surface area contributed by atoms with E-state index in [2.05, 4.69) is 27.0 Å². The molecule has 0 aromatic heterocycles. The van der Waals surface area contributed by atoms with Gasteiger partial charge < -0.3 is 0 Å². The van der Waals surface area contributed by atoms with Crippen molar-refractivity contribution >= 4 is 5.78 Å². The Morgan fingerprint density at radius 3 is 1.59 bits per heavy atom. The molecule has 0 N–H and O–H groups in total. The van der Waals surface area contributed by atoms with E-state index in [1.807, 2.05) is 47.6 Å². The molecule has 0 aromatic carbocycles. The van der Waals surface area contributed by atoms with Gasteiger partial charge in [-0.1, -0.05) is 105 Å². The Kier molecular flexibility index (Phi) is 35.9. The van der Waals surface area contributed by atoms with Crippen LogP contribution < -0.4 is 0 Å². The second kappa shape index (κ2) is 27.7. The van der Waals surface area contributed by atoms with Gasteiger partial charge in [0.25, 0.3) is 0 Å². The number of hydrogen-bond acceptors (Lipinski definition) is 1. The van der Waals surface area contributed by atoms with Crippen LogP contribution in [0.5, 0.6) is 0 Å². The number of rotatable bonds is 6. The third kappa shape index (κ3) is 18.4. The highest BCUT2D eigenvalue weighted by Gasteiger charge is 2.09. The fourth-order valence-corrected chi connectivity index (χ4v) is 1.20. The van der Waals surface area contributed by atoms with E-state index in [0.717, 1.165) is 5.57 Å². The zero-order valence-corrected chi connectivity index (χ0v) is 16.2. The van der Waals surface area contributed by atoms with E-state index in [1.54, 1.807) is 30.4 Å². The molecular formula is C21H38O. The fraction of sp³-hybridized carbons (Fsp3) is 0.476. The molecule has 0 saturated heterocycles. The van der Waals surface area contributed by atoms with Crippen molar-refractivity contribution in [3.63, 3.8) is 0 Å². The van der Waals surface area contributed by atoms with Gasteiger partial charge in [-0.05, 0) is 18.9 Å². The Morgan fingerprint density at radius 2 is 1.32 bits per heavy atom. The maximum Gasteiger partial charge on any atom is 0.188 e. The standard InChI is InChI=1S/C14H18O.C3H8.2C2H6/c1-5-9-12(8-4)14(15)13(10-6-2)11-7-3;1-3-2;2*1-2/h5-7,9-11H,1-2,8H2,3-4H3;3H2,1-2H3;2*1-2H3/b11-7-,12-9+,13-10+;;;. The van der Waals surface area contributed by atoms with Gasteiger partial charge in [-0.2, -0.15) is 0 Å². The SMILES string of the molecule is C=C/C=C(\C=C/C)C(=O)/C(=C/C=C)CC.CC.CC.CCC. The van der Waals surface area contributed by atoms with Crippen LogP contribution >= 0.6 is 0 Å². The molecule has 0 aliphatic heterocycles. The summed E-state index contributed by atoms with van der Waals surface area (Å²) in [7, 11) is 0. The number of hydrogen-bond donors (Lipinski definition) is 0. The summed E-state index contributed by atoms with van der Waals surface area (Å²) in [5.41, 5.74) is 1.42. The summed E-state index contributed by atoms with van der Waals surface area (Å²) < 4.78 is 0. The second-order valence-electron chi connectivity index (χ2n) is 3.68. The largest absolute Gasteiger partial charge is 0.289 e. The van der Waals surface area contributed by atoms with E-state index >= 15 is 0 Å². The fourth-order valence-electron chi connectivity index (χ4n) is 1.20. The molecule has 0 aromatic rings. The van der Waals surface area contributed by atoms with Crippen molar-refractivity contribution in [3.05, 3.63) is 60.8 Å². The number of Topliss-reactive ketones (excluding diaryl/α,β-unsaturated/α-hetero) is 1. The van der Waals surface area contributed by atoms with Gasteiger partial charge in [0.1, 0.15) is 0 Å². The molecule has 1 nitrogen and oxygen atoms in total. The van der Waals surface area contributed by atoms with Gasteiger partial charge in [0.05, 0.1) is 0 Å². The van der Waals surface area contributed by atoms with Crippen molar-refractivity contribution in [2.45, 2.75) is 68.2 Å². The van der Waals surface area contributed by atoms with E-state index in [-0.39, 0.29) is 5.78 Å². The number of carbonyl (C=O) groups is 1. The minimum absolute atomic E-state index is 0.0374. The number of carbonyl (C=O) groups excluding carboxylic acids is 1. The van der Waals surface area contributed by atoms with Crippen LogP contribution in [0.25, 0.3) is 0 Å². The molecule has 0 saturated carbocycles. The minimum atomic E-state index is 0.0374. The summed E-state index contributed by atoms with van der Waals surface area (Å²) >= 11 is 0. The topological polar surface area (TPSA) is 17.1 Å². The molecule has 0 aliphatic carbocycles. The normalized spacial score (nSPS) is 10.2. The highest BCUT2D eigenvalue weighted by atomic mass is 16.1. The molecule has 0 unspecified atom stereocenters. The lowest BCUT2D eigenvalue weighted by Gasteiger charge is -2.03. The van der Waals surface area contributed by atoms with Gasteiger partial charge in [0.15, 0.2) is 5.78 Å². The Hall–Kier alpha value is -1.63. The molecule has 0 amide bonds. The first-order valence-electron chi connectivity index (χ1n) is 8.44. The van der Waals surface area contributed by atoms with Crippen molar-refractivity contribution in [1.29, 1.82) is 0 Å². The van der Waals surface area contributed by atoms with Crippen LogP contribution in [0, 0.1) is 0 Å². The Bertz CT molecular complexity index is 341. The molecule has 0 radical (unpaired) electrons. The lowest BCUT2D eigenvalue weighted by molar-refractivity contribution is -0.112. The maximum atomic E-state index is 12.0. The Labute approximate surface area is 140 Å². The van der Waals surface area contributed by atoms with Gasteiger partial charge in [0.2, 0.25) is 0 Å². The van der Waals surface area contributed by atoms with Crippen LogP contribution in [0.1, 0.15) is 68.2 Å². The molecule has 0 fully saturated rings. The van der Waals surface area contributed by atoms with Gasteiger partial charge >= 0.3 is 0 Å². The molecule has 1 heteroatoms. The first-order chi connectivity index (χ1) is 10.6. The van der Waals surface area contributed by atoms with E-state index in [0.29, 0.717) is 12.0 Å². The van der Waals surface area contributed by atoms with E-state index in [9.17, 15) is 4.79 Å². The molecule has 0 bridgehead atoms. The highest BCUT2D eigenvalue weighted by Crippen LogP contribution is 2.11. The van der Waals surface area contributed by atoms with Crippen molar-refractivity contribution in [2.24, 2.45) is 0 Å². The van der Waals surface area contributed by atoms with Crippen LogP contribution in [0.3, 0.4) is 0 Å². The van der Waals surface area contributed by atoms with Gasteiger partial charge in [0, 0.05) is 5.57 Å².